The molecule has 44 heavy (non-hydrogen) atoms. The van der Waals surface area contributed by atoms with Crippen LogP contribution in [-0.2, 0) is 38.1 Å². The van der Waals surface area contributed by atoms with Crippen molar-refractivity contribution in [2.24, 2.45) is 28.6 Å². The van der Waals surface area contributed by atoms with Crippen LogP contribution in [-0.4, -0.2) is 64.4 Å². The van der Waals surface area contributed by atoms with Crippen LogP contribution < -0.4 is 0 Å². The van der Waals surface area contributed by atoms with E-state index in [4.69, 9.17) is 18.9 Å². The van der Waals surface area contributed by atoms with Gasteiger partial charge in [0, 0.05) is 36.3 Å². The van der Waals surface area contributed by atoms with Gasteiger partial charge in [-0.1, -0.05) is 30.6 Å². The van der Waals surface area contributed by atoms with E-state index in [9.17, 15) is 24.3 Å². The van der Waals surface area contributed by atoms with Crippen LogP contribution in [0.5, 0.6) is 0 Å². The van der Waals surface area contributed by atoms with E-state index in [0.29, 0.717) is 31.3 Å². The summed E-state index contributed by atoms with van der Waals surface area (Å²) in [5.74, 6) is -2.50. The van der Waals surface area contributed by atoms with Crippen molar-refractivity contribution < 1.29 is 43.2 Å². The Kier molecular flexibility index (Phi) is 7.02. The number of hydrogen-bond acceptors (Lipinski definition) is 9. The predicted octanol–water partition coefficient (Wildman–Crippen LogP) is 4.47. The van der Waals surface area contributed by atoms with Crippen molar-refractivity contribution >= 4 is 23.7 Å². The quantitative estimate of drug-likeness (QED) is 0.158. The fraction of sp³-hybridized carbons (Fsp3) is 0.657. The monoisotopic (exact) mass is 608 g/mol. The average molecular weight is 609 g/mol. The van der Waals surface area contributed by atoms with Gasteiger partial charge in [0.05, 0.1) is 11.5 Å². The first kappa shape index (κ1) is 31.0. The number of allylic oxidation sites excluding steroid dienone is 2. The number of esters is 3. The van der Waals surface area contributed by atoms with Crippen LogP contribution in [0.3, 0.4) is 0 Å². The van der Waals surface area contributed by atoms with Gasteiger partial charge in [-0.15, -0.1) is 0 Å². The maximum atomic E-state index is 13.9. The minimum Gasteiger partial charge on any atom is -0.458 e. The second kappa shape index (κ2) is 9.98. The van der Waals surface area contributed by atoms with Crippen molar-refractivity contribution in [2.45, 2.75) is 117 Å². The van der Waals surface area contributed by atoms with Gasteiger partial charge in [0.25, 0.3) is 0 Å². The lowest BCUT2D eigenvalue weighted by molar-refractivity contribution is -0.225. The number of epoxide rings is 1. The molecule has 1 spiro atoms. The second-order valence-electron chi connectivity index (χ2n) is 14.5. The lowest BCUT2D eigenvalue weighted by Gasteiger charge is -2.61. The molecule has 0 aromatic heterocycles. The summed E-state index contributed by atoms with van der Waals surface area (Å²) < 4.78 is 24.1. The summed E-state index contributed by atoms with van der Waals surface area (Å²) in [6.45, 7) is 14.6. The molecule has 2 aliphatic heterocycles. The Balaban J connectivity index is 1.38. The summed E-state index contributed by atoms with van der Waals surface area (Å²) in [5, 5.41) is 13.0. The normalized spacial score (nSPS) is 44.2. The van der Waals surface area contributed by atoms with Gasteiger partial charge in [-0.05, 0) is 83.9 Å². The standard InChI is InChI=1S/C35H44O9/c1-17(2)13-30(38)43-27-10-9-26(37)33(8)22-11-12-32(7)23(20(5)25-14-18(3)19(4)31(39)42-25)15-28(41-21(6)36)34(32,40)24(22)16-29-35(27,33)44-29/h9-10,13,15,20,22,24-25,27-29,40H,11-12,14,16H2,1-8H3. The number of rotatable bonds is 5. The summed E-state index contributed by atoms with van der Waals surface area (Å²) in [5.41, 5.74) is -1.16. The van der Waals surface area contributed by atoms with E-state index in [2.05, 4.69) is 0 Å². The first-order chi connectivity index (χ1) is 20.5. The Morgan fingerprint density at radius 3 is 2.43 bits per heavy atom. The third-order valence-corrected chi connectivity index (χ3v) is 12.1. The molecule has 6 aliphatic rings. The van der Waals surface area contributed by atoms with Gasteiger partial charge in [0.15, 0.2) is 11.9 Å². The number of ether oxygens (including phenoxy) is 4. The zero-order chi connectivity index (χ0) is 32.1. The molecular weight excluding hydrogens is 564 g/mol. The van der Waals surface area contributed by atoms with Gasteiger partial charge in [-0.25, -0.2) is 9.59 Å². The molecule has 238 valence electrons. The maximum absolute atomic E-state index is 13.9. The van der Waals surface area contributed by atoms with Crippen molar-refractivity contribution in [1.82, 2.24) is 0 Å². The number of ketones is 1. The first-order valence-electron chi connectivity index (χ1n) is 15.8. The van der Waals surface area contributed by atoms with Gasteiger partial charge in [0.1, 0.15) is 23.4 Å². The van der Waals surface area contributed by atoms with Gasteiger partial charge >= 0.3 is 17.9 Å². The molecule has 9 heteroatoms. The molecule has 6 rings (SSSR count). The van der Waals surface area contributed by atoms with E-state index >= 15 is 0 Å². The molecule has 2 saturated carbocycles. The topological polar surface area (TPSA) is 129 Å². The maximum Gasteiger partial charge on any atom is 0.333 e. The summed E-state index contributed by atoms with van der Waals surface area (Å²) in [4.78, 5) is 51.7. The molecule has 1 N–H and O–H groups in total. The molecule has 11 unspecified atom stereocenters. The highest BCUT2D eigenvalue weighted by Gasteiger charge is 2.83. The van der Waals surface area contributed by atoms with Crippen LogP contribution in [0.4, 0.5) is 0 Å². The highest BCUT2D eigenvalue weighted by molar-refractivity contribution is 5.98. The van der Waals surface area contributed by atoms with E-state index in [1.165, 1.54) is 19.1 Å². The Labute approximate surface area is 258 Å². The Morgan fingerprint density at radius 2 is 1.80 bits per heavy atom. The second-order valence-corrected chi connectivity index (χ2v) is 14.5. The molecule has 2 heterocycles. The highest BCUT2D eigenvalue weighted by atomic mass is 16.7. The summed E-state index contributed by atoms with van der Waals surface area (Å²) in [7, 11) is 0. The molecular formula is C35H44O9. The van der Waals surface area contributed by atoms with Crippen LogP contribution >= 0.6 is 0 Å². The van der Waals surface area contributed by atoms with Crippen molar-refractivity contribution in [2.75, 3.05) is 0 Å². The molecule has 0 radical (unpaired) electrons. The fourth-order valence-corrected chi connectivity index (χ4v) is 9.64. The SMILES string of the molecule is CC(=O)OC1C=C(C(C)C2CC(C)=C(C)C(=O)O2)C2(C)CCC3C(CC4OC45C(OC(=O)C=C(C)C)C=CC(=O)C35C)C12O. The smallest absolute Gasteiger partial charge is 0.333 e. The number of aliphatic hydroxyl groups is 1. The molecule has 0 amide bonds. The molecule has 0 aromatic carbocycles. The molecule has 4 aliphatic carbocycles. The fourth-order valence-electron chi connectivity index (χ4n) is 9.64. The van der Waals surface area contributed by atoms with Crippen molar-refractivity contribution in [3.05, 3.63) is 46.6 Å². The predicted molar refractivity (Wildman–Crippen MR) is 159 cm³/mol. The van der Waals surface area contributed by atoms with Crippen LogP contribution in [0.1, 0.15) is 81.1 Å². The van der Waals surface area contributed by atoms with Gasteiger partial charge < -0.3 is 24.1 Å². The van der Waals surface area contributed by atoms with Gasteiger partial charge in [-0.3, -0.25) is 9.59 Å². The van der Waals surface area contributed by atoms with Crippen molar-refractivity contribution in [3.63, 3.8) is 0 Å². The van der Waals surface area contributed by atoms with Crippen LogP contribution in [0, 0.1) is 28.6 Å². The van der Waals surface area contributed by atoms with Crippen molar-refractivity contribution in [3.8, 4) is 0 Å². The van der Waals surface area contributed by atoms with Crippen LogP contribution in [0.25, 0.3) is 0 Å². The number of cyclic esters (lactones) is 1. The number of fused-ring (bicyclic) bond motifs is 4. The Hall–Kier alpha value is -3.04. The third kappa shape index (κ3) is 3.97. The van der Waals surface area contributed by atoms with E-state index in [1.54, 1.807) is 13.0 Å². The Morgan fingerprint density at radius 1 is 1.09 bits per heavy atom. The van der Waals surface area contributed by atoms with E-state index in [0.717, 1.165) is 16.7 Å². The van der Waals surface area contributed by atoms with Crippen LogP contribution in [0.2, 0.25) is 0 Å². The molecule has 3 fully saturated rings. The van der Waals surface area contributed by atoms with E-state index in [1.807, 2.05) is 47.6 Å². The van der Waals surface area contributed by atoms with Gasteiger partial charge in [-0.2, -0.15) is 0 Å². The van der Waals surface area contributed by atoms with E-state index < -0.39 is 64.3 Å². The summed E-state index contributed by atoms with van der Waals surface area (Å²) in [6, 6.07) is 0. The number of hydrogen-bond donors (Lipinski definition) is 1. The number of carbonyl (C=O) groups excluding carboxylic acids is 4. The zero-order valence-electron chi connectivity index (χ0n) is 26.9. The van der Waals surface area contributed by atoms with Crippen molar-refractivity contribution in [1.29, 1.82) is 0 Å². The first-order valence-corrected chi connectivity index (χ1v) is 15.8. The molecule has 11 atom stereocenters. The highest BCUT2D eigenvalue weighted by Crippen LogP contribution is 2.74. The minimum absolute atomic E-state index is 0.119. The molecule has 9 nitrogen and oxygen atoms in total. The summed E-state index contributed by atoms with van der Waals surface area (Å²) in [6.07, 6.45) is 5.97. The lowest BCUT2D eigenvalue weighted by Crippen LogP contribution is -2.70. The third-order valence-electron chi connectivity index (χ3n) is 12.1. The number of carbonyl (C=O) groups is 4. The minimum atomic E-state index is -1.54. The molecule has 0 bridgehead atoms. The van der Waals surface area contributed by atoms with E-state index in [-0.39, 0.29) is 23.6 Å². The average Bonchev–Trinajstić information content (AvgIpc) is 3.62. The van der Waals surface area contributed by atoms with Gasteiger partial charge in [0.2, 0.25) is 0 Å². The lowest BCUT2D eigenvalue weighted by atomic mass is 9.42. The largest absolute Gasteiger partial charge is 0.458 e. The van der Waals surface area contributed by atoms with Crippen LogP contribution in [0.15, 0.2) is 46.6 Å². The zero-order valence-corrected chi connectivity index (χ0v) is 26.9. The Bertz CT molecular complexity index is 1460. The summed E-state index contributed by atoms with van der Waals surface area (Å²) >= 11 is 0. The molecule has 1 saturated heterocycles. The molecule has 0 aromatic rings.